The number of piperidine rings is 1. The number of aromatic nitrogens is 2. The molecule has 2 aliphatic rings. The molecule has 0 radical (unpaired) electrons. The summed E-state index contributed by atoms with van der Waals surface area (Å²) in [5, 5.41) is 0. The Kier molecular flexibility index (Phi) is 4.45. The Morgan fingerprint density at radius 3 is 2.71 bits per heavy atom. The third-order valence-corrected chi connectivity index (χ3v) is 4.23. The summed E-state index contributed by atoms with van der Waals surface area (Å²) < 4.78 is 5.26. The number of carbonyl (C=O) groups excluding carboxylic acids is 1. The monoisotopic (exact) mass is 290 g/mol. The van der Waals surface area contributed by atoms with Crippen LogP contribution in [-0.2, 0) is 4.74 Å². The number of likely N-dealkylation sites (N-methyl/N-ethyl adjacent to an activating group) is 1. The molecule has 2 saturated heterocycles. The molecular formula is C15H22N4O2. The molecule has 1 amide bonds. The van der Waals surface area contributed by atoms with Gasteiger partial charge in [-0.15, -0.1) is 0 Å². The smallest absolute Gasteiger partial charge is 0.274 e. The van der Waals surface area contributed by atoms with Gasteiger partial charge < -0.3 is 14.5 Å². The molecule has 0 aromatic carbocycles. The lowest BCUT2D eigenvalue weighted by Crippen LogP contribution is -2.41. The van der Waals surface area contributed by atoms with Crippen molar-refractivity contribution >= 4 is 5.91 Å². The summed E-state index contributed by atoms with van der Waals surface area (Å²) in [5.41, 5.74) is 1.44. The van der Waals surface area contributed by atoms with E-state index >= 15 is 0 Å². The summed E-state index contributed by atoms with van der Waals surface area (Å²) in [6.07, 6.45) is 5.74. The van der Waals surface area contributed by atoms with Crippen LogP contribution in [0, 0.1) is 0 Å². The van der Waals surface area contributed by atoms with Crippen molar-refractivity contribution < 1.29 is 9.53 Å². The van der Waals surface area contributed by atoms with Gasteiger partial charge in [0.15, 0.2) is 0 Å². The van der Waals surface area contributed by atoms with Gasteiger partial charge in [-0.3, -0.25) is 9.78 Å². The van der Waals surface area contributed by atoms with Crippen LogP contribution in [0.1, 0.15) is 34.9 Å². The van der Waals surface area contributed by atoms with Gasteiger partial charge in [0.2, 0.25) is 0 Å². The van der Waals surface area contributed by atoms with Crippen LogP contribution < -0.4 is 0 Å². The van der Waals surface area contributed by atoms with E-state index in [1.807, 2.05) is 0 Å². The maximum absolute atomic E-state index is 12.3. The van der Waals surface area contributed by atoms with E-state index in [9.17, 15) is 4.79 Å². The maximum Gasteiger partial charge on any atom is 0.274 e. The molecule has 1 atom stereocenters. The van der Waals surface area contributed by atoms with Crippen molar-refractivity contribution in [2.24, 2.45) is 0 Å². The highest BCUT2D eigenvalue weighted by atomic mass is 16.5. The number of amides is 1. The van der Waals surface area contributed by atoms with Crippen molar-refractivity contribution in [3.05, 3.63) is 23.8 Å². The summed E-state index contributed by atoms with van der Waals surface area (Å²) in [7, 11) is 2.13. The number of morpholine rings is 1. The van der Waals surface area contributed by atoms with Gasteiger partial charge in [-0.2, -0.15) is 0 Å². The minimum absolute atomic E-state index is 0.0434. The quantitative estimate of drug-likeness (QED) is 0.805. The molecule has 0 spiro atoms. The molecule has 3 rings (SSSR count). The average molecular weight is 290 g/mol. The van der Waals surface area contributed by atoms with Gasteiger partial charge in [0, 0.05) is 31.7 Å². The molecule has 2 aliphatic heterocycles. The minimum Gasteiger partial charge on any atom is -0.378 e. The lowest BCUT2D eigenvalue weighted by Gasteiger charge is -2.29. The molecular weight excluding hydrogens is 268 g/mol. The molecule has 1 unspecified atom stereocenters. The normalized spacial score (nSPS) is 24.0. The number of hydrogen-bond donors (Lipinski definition) is 0. The van der Waals surface area contributed by atoms with E-state index in [-0.39, 0.29) is 5.91 Å². The van der Waals surface area contributed by atoms with Crippen molar-refractivity contribution in [1.82, 2.24) is 19.8 Å². The third kappa shape index (κ3) is 3.39. The van der Waals surface area contributed by atoms with Gasteiger partial charge in [0.05, 0.1) is 25.1 Å². The molecule has 0 bridgehead atoms. The first kappa shape index (κ1) is 14.4. The van der Waals surface area contributed by atoms with E-state index in [1.165, 1.54) is 6.42 Å². The highest BCUT2D eigenvalue weighted by Crippen LogP contribution is 2.24. The summed E-state index contributed by atoms with van der Waals surface area (Å²) >= 11 is 0. The number of rotatable bonds is 2. The van der Waals surface area contributed by atoms with Crippen molar-refractivity contribution in [2.45, 2.75) is 18.8 Å². The molecule has 0 saturated carbocycles. The second-order valence-electron chi connectivity index (χ2n) is 5.83. The Morgan fingerprint density at radius 2 is 2.05 bits per heavy atom. The highest BCUT2D eigenvalue weighted by molar-refractivity contribution is 5.92. The first-order valence-corrected chi connectivity index (χ1v) is 7.61. The lowest BCUT2D eigenvalue weighted by atomic mass is 9.95. The van der Waals surface area contributed by atoms with Crippen LogP contribution in [-0.4, -0.2) is 72.1 Å². The summed E-state index contributed by atoms with van der Waals surface area (Å²) in [6.45, 7) is 4.64. The molecule has 6 nitrogen and oxygen atoms in total. The predicted octanol–water partition coefficient (Wildman–Crippen LogP) is 0.758. The van der Waals surface area contributed by atoms with Gasteiger partial charge in [0.25, 0.3) is 5.91 Å². The number of likely N-dealkylation sites (tertiary alicyclic amines) is 1. The Hall–Kier alpha value is -1.53. The molecule has 21 heavy (non-hydrogen) atoms. The Labute approximate surface area is 125 Å². The van der Waals surface area contributed by atoms with Crippen LogP contribution >= 0.6 is 0 Å². The highest BCUT2D eigenvalue weighted by Gasteiger charge is 2.23. The van der Waals surface area contributed by atoms with Crippen LogP contribution in [0.3, 0.4) is 0 Å². The van der Waals surface area contributed by atoms with Gasteiger partial charge in [0.1, 0.15) is 5.69 Å². The van der Waals surface area contributed by atoms with Gasteiger partial charge in [-0.25, -0.2) is 4.98 Å². The number of ether oxygens (including phenoxy) is 1. The van der Waals surface area contributed by atoms with Crippen molar-refractivity contribution in [2.75, 3.05) is 46.4 Å². The van der Waals surface area contributed by atoms with Crippen LogP contribution in [0.2, 0.25) is 0 Å². The van der Waals surface area contributed by atoms with E-state index in [2.05, 4.69) is 21.9 Å². The zero-order valence-corrected chi connectivity index (χ0v) is 12.5. The zero-order valence-electron chi connectivity index (χ0n) is 12.5. The number of carbonyl (C=O) groups is 1. The van der Waals surface area contributed by atoms with Gasteiger partial charge in [-0.05, 0) is 26.4 Å². The van der Waals surface area contributed by atoms with Crippen molar-refractivity contribution in [3.8, 4) is 0 Å². The molecule has 1 aromatic rings. The van der Waals surface area contributed by atoms with E-state index in [0.29, 0.717) is 37.9 Å². The van der Waals surface area contributed by atoms with Crippen LogP contribution in [0.25, 0.3) is 0 Å². The summed E-state index contributed by atoms with van der Waals surface area (Å²) in [5.74, 6) is 0.391. The Morgan fingerprint density at radius 1 is 1.24 bits per heavy atom. The average Bonchev–Trinajstić information content (AvgIpc) is 2.55. The topological polar surface area (TPSA) is 58.6 Å². The minimum atomic E-state index is -0.0434. The van der Waals surface area contributed by atoms with Gasteiger partial charge >= 0.3 is 0 Å². The Balaban J connectivity index is 1.67. The fourth-order valence-electron chi connectivity index (χ4n) is 3.00. The Bertz CT molecular complexity index is 485. The van der Waals surface area contributed by atoms with E-state index in [0.717, 1.165) is 25.2 Å². The van der Waals surface area contributed by atoms with Crippen LogP contribution in [0.5, 0.6) is 0 Å². The van der Waals surface area contributed by atoms with Crippen molar-refractivity contribution in [1.29, 1.82) is 0 Å². The van der Waals surface area contributed by atoms with E-state index in [4.69, 9.17) is 4.74 Å². The second-order valence-corrected chi connectivity index (χ2v) is 5.83. The van der Waals surface area contributed by atoms with Crippen LogP contribution in [0.4, 0.5) is 0 Å². The molecule has 3 heterocycles. The van der Waals surface area contributed by atoms with E-state index in [1.54, 1.807) is 17.3 Å². The molecule has 0 N–H and O–H groups in total. The molecule has 1 aromatic heterocycles. The zero-order chi connectivity index (χ0) is 14.7. The maximum atomic E-state index is 12.3. The summed E-state index contributed by atoms with van der Waals surface area (Å²) in [4.78, 5) is 25.2. The van der Waals surface area contributed by atoms with Crippen LogP contribution in [0.15, 0.2) is 12.4 Å². The third-order valence-electron chi connectivity index (χ3n) is 4.23. The molecule has 2 fully saturated rings. The first-order valence-electron chi connectivity index (χ1n) is 7.61. The van der Waals surface area contributed by atoms with E-state index < -0.39 is 0 Å². The summed E-state index contributed by atoms with van der Waals surface area (Å²) in [6, 6.07) is 0. The fourth-order valence-corrected chi connectivity index (χ4v) is 3.00. The first-order chi connectivity index (χ1) is 10.2. The largest absolute Gasteiger partial charge is 0.378 e. The predicted molar refractivity (Wildman–Crippen MR) is 78.2 cm³/mol. The molecule has 0 aliphatic carbocycles. The second kappa shape index (κ2) is 6.49. The van der Waals surface area contributed by atoms with Gasteiger partial charge in [-0.1, -0.05) is 0 Å². The van der Waals surface area contributed by atoms with Crippen molar-refractivity contribution in [3.63, 3.8) is 0 Å². The SMILES string of the molecule is CN1CCCC(c2cnc(C(=O)N3CCOCC3)cn2)C1. The fraction of sp³-hybridized carbons (Fsp3) is 0.667. The lowest BCUT2D eigenvalue weighted by molar-refractivity contribution is 0.0298. The molecule has 114 valence electrons. The standard InChI is InChI=1S/C15H22N4O2/c1-18-4-2-3-12(11-18)13-9-17-14(10-16-13)15(20)19-5-7-21-8-6-19/h9-10,12H,2-8,11H2,1H3. The number of nitrogens with zero attached hydrogens (tertiary/aromatic N) is 4. The number of hydrogen-bond acceptors (Lipinski definition) is 5. The molecule has 6 heteroatoms.